The van der Waals surface area contributed by atoms with Crippen LogP contribution in [0.2, 0.25) is 0 Å². The van der Waals surface area contributed by atoms with Gasteiger partial charge in [0, 0.05) is 44.2 Å². The summed E-state index contributed by atoms with van der Waals surface area (Å²) in [5.74, 6) is 1.33. The molecule has 21 heavy (non-hydrogen) atoms. The number of nitrogens with zero attached hydrogens (tertiary/aromatic N) is 2. The molecule has 0 spiro atoms. The molecule has 4 heteroatoms. The number of ether oxygens (including phenoxy) is 1. The van der Waals surface area contributed by atoms with E-state index < -0.39 is 0 Å². The Morgan fingerprint density at radius 1 is 1.19 bits per heavy atom. The predicted octanol–water partition coefficient (Wildman–Crippen LogP) is 2.39. The second-order valence-electron chi connectivity index (χ2n) is 5.80. The van der Waals surface area contributed by atoms with Crippen molar-refractivity contribution in [2.24, 2.45) is 5.92 Å². The molecule has 0 unspecified atom stereocenters. The number of hydrogen-bond acceptors (Lipinski definition) is 3. The minimum Gasteiger partial charge on any atom is -0.494 e. The third-order valence-corrected chi connectivity index (χ3v) is 3.84. The first-order valence-corrected chi connectivity index (χ1v) is 7.83. The van der Waals surface area contributed by atoms with Gasteiger partial charge in [-0.05, 0) is 13.0 Å². The van der Waals surface area contributed by atoms with Gasteiger partial charge in [0.15, 0.2) is 0 Å². The van der Waals surface area contributed by atoms with Crippen molar-refractivity contribution >= 4 is 5.91 Å². The zero-order valence-electron chi connectivity index (χ0n) is 13.3. The number of amides is 1. The topological polar surface area (TPSA) is 32.8 Å². The summed E-state index contributed by atoms with van der Waals surface area (Å²) in [6.07, 6.45) is 0. The number of carbonyl (C=O) groups is 1. The quantitative estimate of drug-likeness (QED) is 0.835. The molecule has 1 fully saturated rings. The Kier molecular flexibility index (Phi) is 5.62. The van der Waals surface area contributed by atoms with Crippen LogP contribution in [0.5, 0.6) is 5.75 Å². The summed E-state index contributed by atoms with van der Waals surface area (Å²) in [5, 5.41) is 0. The fourth-order valence-corrected chi connectivity index (χ4v) is 2.66. The van der Waals surface area contributed by atoms with Crippen molar-refractivity contribution in [2.45, 2.75) is 27.3 Å². The van der Waals surface area contributed by atoms with Crippen LogP contribution in [0.4, 0.5) is 0 Å². The lowest BCUT2D eigenvalue weighted by Crippen LogP contribution is -2.49. The summed E-state index contributed by atoms with van der Waals surface area (Å²) in [6.45, 7) is 11.0. The highest BCUT2D eigenvalue weighted by molar-refractivity contribution is 5.78. The molecule has 4 nitrogen and oxygen atoms in total. The molecule has 1 heterocycles. The molecule has 1 aromatic rings. The molecule has 1 aliphatic heterocycles. The maximum absolute atomic E-state index is 12.0. The van der Waals surface area contributed by atoms with Gasteiger partial charge in [-0.1, -0.05) is 32.0 Å². The average Bonchev–Trinajstić information content (AvgIpc) is 2.49. The third-order valence-electron chi connectivity index (χ3n) is 3.84. The Labute approximate surface area is 127 Å². The van der Waals surface area contributed by atoms with Gasteiger partial charge in [0.1, 0.15) is 5.75 Å². The summed E-state index contributed by atoms with van der Waals surface area (Å²) in [6, 6.07) is 8.21. The Bertz CT molecular complexity index is 466. The SMILES string of the molecule is CCOc1ccccc1CN1CCN(C(=O)C(C)C)CC1. The minimum absolute atomic E-state index is 0.0928. The first-order valence-electron chi connectivity index (χ1n) is 7.83. The highest BCUT2D eigenvalue weighted by Crippen LogP contribution is 2.20. The molecule has 0 aromatic heterocycles. The second-order valence-corrected chi connectivity index (χ2v) is 5.80. The monoisotopic (exact) mass is 290 g/mol. The molecule has 0 N–H and O–H groups in total. The van der Waals surface area contributed by atoms with Crippen molar-refractivity contribution in [3.8, 4) is 5.75 Å². The van der Waals surface area contributed by atoms with Gasteiger partial charge in [-0.15, -0.1) is 0 Å². The number of carbonyl (C=O) groups excluding carboxylic acids is 1. The van der Waals surface area contributed by atoms with Gasteiger partial charge in [-0.2, -0.15) is 0 Å². The molecule has 0 bridgehead atoms. The van der Waals surface area contributed by atoms with E-state index in [1.807, 2.05) is 37.8 Å². The summed E-state index contributed by atoms with van der Waals surface area (Å²) in [4.78, 5) is 16.4. The van der Waals surface area contributed by atoms with Gasteiger partial charge in [0.2, 0.25) is 5.91 Å². The second kappa shape index (κ2) is 7.46. The molecular weight excluding hydrogens is 264 g/mol. The lowest BCUT2D eigenvalue weighted by molar-refractivity contribution is -0.136. The summed E-state index contributed by atoms with van der Waals surface area (Å²) in [5.41, 5.74) is 1.22. The fraction of sp³-hybridized carbons (Fsp3) is 0.588. The lowest BCUT2D eigenvalue weighted by atomic mass is 10.1. The Balaban J connectivity index is 1.90. The van der Waals surface area contributed by atoms with Crippen LogP contribution in [0.25, 0.3) is 0 Å². The van der Waals surface area contributed by atoms with Gasteiger partial charge in [-0.3, -0.25) is 9.69 Å². The van der Waals surface area contributed by atoms with Crippen LogP contribution in [-0.2, 0) is 11.3 Å². The van der Waals surface area contributed by atoms with E-state index in [2.05, 4.69) is 17.0 Å². The van der Waals surface area contributed by atoms with Gasteiger partial charge in [0.05, 0.1) is 6.61 Å². The molecule has 1 saturated heterocycles. The maximum atomic E-state index is 12.0. The van der Waals surface area contributed by atoms with Crippen molar-refractivity contribution in [1.82, 2.24) is 9.80 Å². The van der Waals surface area contributed by atoms with E-state index in [4.69, 9.17) is 4.74 Å². The number of para-hydroxylation sites is 1. The van der Waals surface area contributed by atoms with E-state index in [9.17, 15) is 4.79 Å². The van der Waals surface area contributed by atoms with Crippen LogP contribution >= 0.6 is 0 Å². The predicted molar refractivity (Wildman–Crippen MR) is 84.3 cm³/mol. The van der Waals surface area contributed by atoms with Gasteiger partial charge < -0.3 is 9.64 Å². The van der Waals surface area contributed by atoms with Crippen molar-refractivity contribution in [3.05, 3.63) is 29.8 Å². The number of hydrogen-bond donors (Lipinski definition) is 0. The molecular formula is C17H26N2O2. The van der Waals surface area contributed by atoms with E-state index in [0.29, 0.717) is 6.61 Å². The Morgan fingerprint density at radius 3 is 2.48 bits per heavy atom. The lowest BCUT2D eigenvalue weighted by Gasteiger charge is -2.35. The van der Waals surface area contributed by atoms with E-state index in [-0.39, 0.29) is 11.8 Å². The van der Waals surface area contributed by atoms with Crippen LogP contribution in [0.3, 0.4) is 0 Å². The molecule has 0 aliphatic carbocycles. The first kappa shape index (κ1) is 15.8. The van der Waals surface area contributed by atoms with Crippen LogP contribution in [0.15, 0.2) is 24.3 Å². The number of rotatable bonds is 5. The summed E-state index contributed by atoms with van der Waals surface area (Å²) < 4.78 is 5.68. The van der Waals surface area contributed by atoms with Gasteiger partial charge >= 0.3 is 0 Å². The van der Waals surface area contributed by atoms with Gasteiger partial charge in [-0.25, -0.2) is 0 Å². The maximum Gasteiger partial charge on any atom is 0.225 e. The van der Waals surface area contributed by atoms with E-state index >= 15 is 0 Å². The molecule has 1 amide bonds. The Morgan fingerprint density at radius 2 is 1.86 bits per heavy atom. The highest BCUT2D eigenvalue weighted by atomic mass is 16.5. The zero-order chi connectivity index (χ0) is 15.2. The van der Waals surface area contributed by atoms with Crippen LogP contribution in [0.1, 0.15) is 26.3 Å². The smallest absolute Gasteiger partial charge is 0.225 e. The Hall–Kier alpha value is -1.55. The van der Waals surface area contributed by atoms with Crippen LogP contribution < -0.4 is 4.74 Å². The molecule has 0 saturated carbocycles. The van der Waals surface area contributed by atoms with E-state index in [1.54, 1.807) is 0 Å². The standard InChI is InChI=1S/C17H26N2O2/c1-4-21-16-8-6-5-7-15(16)13-18-9-11-19(12-10-18)17(20)14(2)3/h5-8,14H,4,9-13H2,1-3H3. The molecule has 0 radical (unpaired) electrons. The molecule has 0 atom stereocenters. The highest BCUT2D eigenvalue weighted by Gasteiger charge is 2.23. The first-order chi connectivity index (χ1) is 10.1. The normalized spacial score (nSPS) is 16.3. The summed E-state index contributed by atoms with van der Waals surface area (Å²) >= 11 is 0. The summed E-state index contributed by atoms with van der Waals surface area (Å²) in [7, 11) is 0. The molecule has 116 valence electrons. The number of benzene rings is 1. The average molecular weight is 290 g/mol. The van der Waals surface area contributed by atoms with E-state index in [0.717, 1.165) is 38.5 Å². The minimum atomic E-state index is 0.0928. The van der Waals surface area contributed by atoms with Crippen molar-refractivity contribution in [1.29, 1.82) is 0 Å². The zero-order valence-corrected chi connectivity index (χ0v) is 13.3. The van der Waals surface area contributed by atoms with Crippen LogP contribution in [-0.4, -0.2) is 48.5 Å². The van der Waals surface area contributed by atoms with Crippen molar-refractivity contribution in [2.75, 3.05) is 32.8 Å². The van der Waals surface area contributed by atoms with Crippen molar-refractivity contribution < 1.29 is 9.53 Å². The molecule has 2 rings (SSSR count). The fourth-order valence-electron chi connectivity index (χ4n) is 2.66. The van der Waals surface area contributed by atoms with E-state index in [1.165, 1.54) is 5.56 Å². The number of piperazine rings is 1. The molecule has 1 aliphatic rings. The van der Waals surface area contributed by atoms with Crippen LogP contribution in [0, 0.1) is 5.92 Å². The van der Waals surface area contributed by atoms with Crippen molar-refractivity contribution in [3.63, 3.8) is 0 Å². The largest absolute Gasteiger partial charge is 0.494 e. The molecule has 1 aromatic carbocycles. The third kappa shape index (κ3) is 4.21. The van der Waals surface area contributed by atoms with Gasteiger partial charge in [0.25, 0.3) is 0 Å².